The molecule has 26 heavy (non-hydrogen) atoms. The first-order chi connectivity index (χ1) is 12.7. The number of ether oxygens (including phenoxy) is 1. The van der Waals surface area contributed by atoms with Gasteiger partial charge in [-0.15, -0.1) is 0 Å². The van der Waals surface area contributed by atoms with Crippen LogP contribution in [0.25, 0.3) is 0 Å². The summed E-state index contributed by atoms with van der Waals surface area (Å²) in [6, 6.07) is 14.9. The van der Waals surface area contributed by atoms with E-state index in [1.807, 2.05) is 12.1 Å². The highest BCUT2D eigenvalue weighted by Crippen LogP contribution is 2.26. The van der Waals surface area contributed by atoms with Gasteiger partial charge < -0.3 is 15.4 Å². The third-order valence-electron chi connectivity index (χ3n) is 4.66. The molecule has 0 saturated carbocycles. The zero-order valence-electron chi connectivity index (χ0n) is 14.9. The van der Waals surface area contributed by atoms with Gasteiger partial charge in [-0.1, -0.05) is 24.3 Å². The number of benzene rings is 2. The Kier molecular flexibility index (Phi) is 6.41. The minimum absolute atomic E-state index is 0.212. The highest BCUT2D eigenvalue weighted by molar-refractivity contribution is 7.80. The number of hydrogen-bond donors (Lipinski definition) is 2. The topological polar surface area (TPSA) is 36.5 Å². The molecular formula is C20H24FN3OS. The second kappa shape index (κ2) is 8.96. The summed E-state index contributed by atoms with van der Waals surface area (Å²) < 4.78 is 19.0. The monoisotopic (exact) mass is 373 g/mol. The smallest absolute Gasteiger partial charge is 0.170 e. The number of anilines is 1. The zero-order chi connectivity index (χ0) is 18.4. The number of thiocarbonyl (C=S) groups is 1. The average molecular weight is 373 g/mol. The molecule has 0 aromatic heterocycles. The van der Waals surface area contributed by atoms with Crippen molar-refractivity contribution in [1.82, 2.24) is 10.2 Å². The fraction of sp³-hybridized carbons (Fsp3) is 0.350. The molecule has 6 heteroatoms. The van der Waals surface area contributed by atoms with Crippen molar-refractivity contribution in [2.45, 2.75) is 18.9 Å². The van der Waals surface area contributed by atoms with Crippen LogP contribution in [-0.4, -0.2) is 36.8 Å². The van der Waals surface area contributed by atoms with E-state index in [1.165, 1.54) is 24.5 Å². The van der Waals surface area contributed by atoms with Gasteiger partial charge in [0.25, 0.3) is 0 Å². The van der Waals surface area contributed by atoms with Crippen molar-refractivity contribution < 1.29 is 9.13 Å². The van der Waals surface area contributed by atoms with Gasteiger partial charge in [0.15, 0.2) is 5.11 Å². The molecule has 1 aliphatic rings. The van der Waals surface area contributed by atoms with Gasteiger partial charge in [0, 0.05) is 6.54 Å². The molecule has 4 nitrogen and oxygen atoms in total. The Labute approximate surface area is 159 Å². The molecule has 0 aliphatic carbocycles. The molecule has 0 radical (unpaired) electrons. The molecule has 1 fully saturated rings. The number of nitrogens with one attached hydrogen (secondary N) is 2. The number of halogens is 1. The van der Waals surface area contributed by atoms with Crippen LogP contribution in [0.1, 0.15) is 24.4 Å². The van der Waals surface area contributed by atoms with Crippen LogP contribution >= 0.6 is 12.2 Å². The lowest BCUT2D eigenvalue weighted by atomic mass is 10.1. The molecule has 2 aromatic carbocycles. The number of para-hydroxylation sites is 1. The summed E-state index contributed by atoms with van der Waals surface area (Å²) in [5, 5.41) is 6.60. The van der Waals surface area contributed by atoms with Crippen LogP contribution in [0, 0.1) is 5.82 Å². The van der Waals surface area contributed by atoms with Crippen LogP contribution in [0.15, 0.2) is 48.5 Å². The van der Waals surface area contributed by atoms with Gasteiger partial charge in [-0.25, -0.2) is 4.39 Å². The Hall–Kier alpha value is -2.18. The van der Waals surface area contributed by atoms with E-state index >= 15 is 0 Å². The number of nitrogens with zero attached hydrogens (tertiary/aromatic N) is 1. The second-order valence-corrected chi connectivity index (χ2v) is 6.76. The van der Waals surface area contributed by atoms with Gasteiger partial charge >= 0.3 is 0 Å². The Morgan fingerprint density at radius 3 is 2.50 bits per heavy atom. The van der Waals surface area contributed by atoms with Crippen molar-refractivity contribution in [2.75, 3.05) is 32.1 Å². The van der Waals surface area contributed by atoms with E-state index in [2.05, 4.69) is 27.7 Å². The van der Waals surface area contributed by atoms with Gasteiger partial charge in [-0.2, -0.15) is 0 Å². The van der Waals surface area contributed by atoms with Crippen LogP contribution in [0.4, 0.5) is 10.1 Å². The Morgan fingerprint density at radius 2 is 1.85 bits per heavy atom. The summed E-state index contributed by atoms with van der Waals surface area (Å²) in [7, 11) is 1.67. The van der Waals surface area contributed by atoms with Crippen molar-refractivity contribution >= 4 is 23.0 Å². The zero-order valence-corrected chi connectivity index (χ0v) is 15.7. The van der Waals surface area contributed by atoms with Crippen molar-refractivity contribution in [2.24, 2.45) is 0 Å². The summed E-state index contributed by atoms with van der Waals surface area (Å²) in [6.45, 7) is 2.81. The molecule has 1 saturated heterocycles. The standard InChI is InChI=1S/C20H24FN3OS/c1-25-16-10-8-15(9-11-16)19(24-12-4-5-13-24)14-22-20(26)23-18-7-3-2-6-17(18)21/h2-3,6-11,19H,4-5,12-14H2,1H3,(H2,22,23,26)/t19-/m0/s1. The lowest BCUT2D eigenvalue weighted by Gasteiger charge is -2.29. The number of rotatable bonds is 6. The molecule has 2 N–H and O–H groups in total. The molecule has 138 valence electrons. The molecule has 2 aromatic rings. The fourth-order valence-electron chi connectivity index (χ4n) is 3.26. The number of methoxy groups -OCH3 is 1. The first-order valence-corrected chi connectivity index (χ1v) is 9.25. The van der Waals surface area contributed by atoms with E-state index in [4.69, 9.17) is 17.0 Å². The van der Waals surface area contributed by atoms with E-state index in [9.17, 15) is 4.39 Å². The molecule has 1 atom stereocenters. The van der Waals surface area contributed by atoms with E-state index in [0.717, 1.165) is 18.8 Å². The summed E-state index contributed by atoms with van der Waals surface area (Å²) in [4.78, 5) is 2.46. The molecule has 1 heterocycles. The van der Waals surface area contributed by atoms with Gasteiger partial charge in [-0.3, -0.25) is 4.90 Å². The van der Waals surface area contributed by atoms with Crippen LogP contribution in [0.5, 0.6) is 5.75 Å². The van der Waals surface area contributed by atoms with E-state index in [1.54, 1.807) is 25.3 Å². The Bertz CT molecular complexity index is 732. The Morgan fingerprint density at radius 1 is 1.15 bits per heavy atom. The number of likely N-dealkylation sites (tertiary alicyclic amines) is 1. The van der Waals surface area contributed by atoms with Crippen LogP contribution in [0.2, 0.25) is 0 Å². The molecule has 0 unspecified atom stereocenters. The van der Waals surface area contributed by atoms with Crippen LogP contribution in [0.3, 0.4) is 0 Å². The lowest BCUT2D eigenvalue weighted by Crippen LogP contribution is -2.38. The molecule has 0 bridgehead atoms. The predicted molar refractivity (Wildman–Crippen MR) is 107 cm³/mol. The summed E-state index contributed by atoms with van der Waals surface area (Å²) >= 11 is 5.35. The van der Waals surface area contributed by atoms with Crippen molar-refractivity contribution in [1.29, 1.82) is 0 Å². The summed E-state index contributed by atoms with van der Waals surface area (Å²) in [5.41, 5.74) is 1.60. The van der Waals surface area contributed by atoms with Gasteiger partial charge in [-0.05, 0) is 68.0 Å². The first-order valence-electron chi connectivity index (χ1n) is 8.85. The predicted octanol–water partition coefficient (Wildman–Crippen LogP) is 3.96. The maximum atomic E-state index is 13.8. The molecule has 0 spiro atoms. The second-order valence-electron chi connectivity index (χ2n) is 6.35. The summed E-state index contributed by atoms with van der Waals surface area (Å²) in [6.07, 6.45) is 2.43. The van der Waals surface area contributed by atoms with Crippen molar-refractivity contribution in [3.8, 4) is 5.75 Å². The van der Waals surface area contributed by atoms with Crippen molar-refractivity contribution in [3.63, 3.8) is 0 Å². The van der Waals surface area contributed by atoms with Crippen LogP contribution < -0.4 is 15.4 Å². The maximum absolute atomic E-state index is 13.8. The SMILES string of the molecule is COc1ccc([C@H](CNC(=S)Nc2ccccc2F)N2CCCC2)cc1. The Balaban J connectivity index is 1.65. The minimum atomic E-state index is -0.317. The molecule has 1 aliphatic heterocycles. The summed E-state index contributed by atoms with van der Waals surface area (Å²) in [5.74, 6) is 0.529. The lowest BCUT2D eigenvalue weighted by molar-refractivity contribution is 0.246. The van der Waals surface area contributed by atoms with Crippen molar-refractivity contribution in [3.05, 3.63) is 59.9 Å². The first kappa shape index (κ1) is 18.6. The molecule has 3 rings (SSSR count). The third-order valence-corrected chi connectivity index (χ3v) is 4.91. The molecule has 0 amide bonds. The van der Waals surface area contributed by atoms with Gasteiger partial charge in [0.2, 0.25) is 0 Å². The van der Waals surface area contributed by atoms with Crippen LogP contribution in [-0.2, 0) is 0 Å². The highest BCUT2D eigenvalue weighted by atomic mass is 32.1. The largest absolute Gasteiger partial charge is 0.497 e. The van der Waals surface area contributed by atoms with Gasteiger partial charge in [0.05, 0.1) is 18.8 Å². The molecular weight excluding hydrogens is 349 g/mol. The average Bonchev–Trinajstić information content (AvgIpc) is 3.19. The number of hydrogen-bond acceptors (Lipinski definition) is 3. The minimum Gasteiger partial charge on any atom is -0.497 e. The van der Waals surface area contributed by atoms with Gasteiger partial charge in [0.1, 0.15) is 11.6 Å². The quantitative estimate of drug-likeness (QED) is 0.750. The highest BCUT2D eigenvalue weighted by Gasteiger charge is 2.23. The third kappa shape index (κ3) is 4.71. The normalized spacial score (nSPS) is 15.5. The fourth-order valence-corrected chi connectivity index (χ4v) is 3.45. The van der Waals surface area contributed by atoms with E-state index < -0.39 is 0 Å². The van der Waals surface area contributed by atoms with E-state index in [0.29, 0.717) is 17.3 Å². The van der Waals surface area contributed by atoms with E-state index in [-0.39, 0.29) is 11.9 Å². The maximum Gasteiger partial charge on any atom is 0.170 e.